The second-order valence-electron chi connectivity index (χ2n) is 15.5. The van der Waals surface area contributed by atoms with Gasteiger partial charge in [-0.1, -0.05) is 64.1 Å². The van der Waals surface area contributed by atoms with E-state index in [9.17, 15) is 33.6 Å². The van der Waals surface area contributed by atoms with Crippen LogP contribution in [-0.2, 0) is 46.2 Å². The van der Waals surface area contributed by atoms with Gasteiger partial charge in [0.15, 0.2) is 19.0 Å². The second kappa shape index (κ2) is 18.7. The molecule has 14 nitrogen and oxygen atoms in total. The molecule has 14 heteroatoms. The molecule has 3 amide bonds. The SMILES string of the molecule is COC(=O)N[C@H](C(=O)N1CCC[C@H]1C(=O)OCC(=O)c1ccc(-c2ccc(C(=O)COC(=O)[C@@H]3CCCN3C(=O)[C@@H](N)C(C)C)cc2)c2c1CCCC2)C(C)C. The number of amides is 3. The van der Waals surface area contributed by atoms with E-state index >= 15 is 0 Å². The first kappa shape index (κ1) is 42.0. The maximum absolute atomic E-state index is 13.6. The van der Waals surface area contributed by atoms with Gasteiger partial charge in [0.2, 0.25) is 17.6 Å². The number of carbonyl (C=O) groups excluding carboxylic acids is 7. The first-order valence-electron chi connectivity index (χ1n) is 19.6. The molecule has 0 spiro atoms. The van der Waals surface area contributed by atoms with Crippen molar-refractivity contribution < 1.29 is 47.8 Å². The quantitative estimate of drug-likeness (QED) is 0.160. The van der Waals surface area contributed by atoms with Gasteiger partial charge in [0.25, 0.3) is 0 Å². The summed E-state index contributed by atoms with van der Waals surface area (Å²) < 4.78 is 15.6. The van der Waals surface area contributed by atoms with Crippen LogP contribution in [0.1, 0.15) is 98.1 Å². The molecule has 2 aromatic rings. The number of rotatable bonds is 14. The van der Waals surface area contributed by atoms with Gasteiger partial charge in [0.05, 0.1) is 13.2 Å². The summed E-state index contributed by atoms with van der Waals surface area (Å²) in [5.74, 6) is -3.03. The Kier molecular flexibility index (Phi) is 14.0. The molecule has 2 aliphatic heterocycles. The van der Waals surface area contributed by atoms with Gasteiger partial charge in [-0.25, -0.2) is 14.4 Å². The highest BCUT2D eigenvalue weighted by Crippen LogP contribution is 2.34. The number of hydrogen-bond donors (Lipinski definition) is 2. The van der Waals surface area contributed by atoms with Crippen LogP contribution in [0.15, 0.2) is 36.4 Å². The van der Waals surface area contributed by atoms with Gasteiger partial charge in [0, 0.05) is 24.2 Å². The Hall–Kier alpha value is -5.11. The summed E-state index contributed by atoms with van der Waals surface area (Å²) in [5, 5.41) is 2.55. The minimum Gasteiger partial charge on any atom is -0.456 e. The molecular formula is C42H54N4O10. The predicted octanol–water partition coefficient (Wildman–Crippen LogP) is 4.03. The van der Waals surface area contributed by atoms with Crippen molar-refractivity contribution in [1.29, 1.82) is 0 Å². The number of benzene rings is 2. The van der Waals surface area contributed by atoms with E-state index in [2.05, 4.69) is 10.1 Å². The fourth-order valence-electron chi connectivity index (χ4n) is 7.77. The summed E-state index contributed by atoms with van der Waals surface area (Å²) >= 11 is 0. The summed E-state index contributed by atoms with van der Waals surface area (Å²) in [7, 11) is 1.21. The first-order valence-corrected chi connectivity index (χ1v) is 19.6. The van der Waals surface area contributed by atoms with Crippen LogP contribution in [0.3, 0.4) is 0 Å². The molecule has 0 saturated carbocycles. The third-order valence-electron chi connectivity index (χ3n) is 11.1. The number of nitrogens with two attached hydrogens (primary N) is 1. The van der Waals surface area contributed by atoms with E-state index in [1.807, 2.05) is 32.0 Å². The van der Waals surface area contributed by atoms with Gasteiger partial charge in [-0.05, 0) is 85.5 Å². The number of alkyl carbamates (subject to hydrolysis) is 1. The van der Waals surface area contributed by atoms with E-state index in [0.717, 1.165) is 41.5 Å². The van der Waals surface area contributed by atoms with E-state index < -0.39 is 61.3 Å². The van der Waals surface area contributed by atoms with Crippen molar-refractivity contribution in [2.24, 2.45) is 17.6 Å². The van der Waals surface area contributed by atoms with E-state index in [4.69, 9.17) is 15.2 Å². The molecule has 0 aromatic heterocycles. The Labute approximate surface area is 327 Å². The number of carbonyl (C=O) groups is 7. The van der Waals surface area contributed by atoms with Crippen molar-refractivity contribution in [3.05, 3.63) is 58.7 Å². The van der Waals surface area contributed by atoms with Crippen LogP contribution in [0.4, 0.5) is 4.79 Å². The molecule has 56 heavy (non-hydrogen) atoms. The lowest BCUT2D eigenvalue weighted by atomic mass is 9.82. The largest absolute Gasteiger partial charge is 0.456 e. The number of methoxy groups -OCH3 is 1. The Morgan fingerprint density at radius 1 is 0.714 bits per heavy atom. The molecule has 0 bridgehead atoms. The number of ketones is 2. The molecule has 1 aliphatic carbocycles. The number of nitrogens with zero attached hydrogens (tertiary/aromatic N) is 2. The smallest absolute Gasteiger partial charge is 0.407 e. The lowest BCUT2D eigenvalue weighted by Gasteiger charge is -2.29. The number of likely N-dealkylation sites (tertiary alicyclic amines) is 2. The summed E-state index contributed by atoms with van der Waals surface area (Å²) in [6.07, 6.45) is 4.60. The van der Waals surface area contributed by atoms with Crippen molar-refractivity contribution in [3.8, 4) is 11.1 Å². The van der Waals surface area contributed by atoms with E-state index in [0.29, 0.717) is 56.3 Å². The van der Waals surface area contributed by atoms with Gasteiger partial charge in [-0.2, -0.15) is 0 Å². The van der Waals surface area contributed by atoms with Crippen LogP contribution >= 0.6 is 0 Å². The molecule has 3 aliphatic rings. The molecule has 302 valence electrons. The van der Waals surface area contributed by atoms with Gasteiger partial charge < -0.3 is 35.1 Å². The van der Waals surface area contributed by atoms with Gasteiger partial charge in [-0.15, -0.1) is 0 Å². The Balaban J connectivity index is 1.21. The maximum Gasteiger partial charge on any atom is 0.407 e. The van der Waals surface area contributed by atoms with Crippen LogP contribution < -0.4 is 11.1 Å². The second-order valence-corrected chi connectivity index (χ2v) is 15.5. The van der Waals surface area contributed by atoms with Crippen LogP contribution in [0, 0.1) is 11.8 Å². The van der Waals surface area contributed by atoms with Crippen LogP contribution in [0.25, 0.3) is 11.1 Å². The minimum atomic E-state index is -0.883. The van der Waals surface area contributed by atoms with Crippen molar-refractivity contribution >= 4 is 41.4 Å². The molecule has 2 saturated heterocycles. The first-order chi connectivity index (χ1) is 26.7. The van der Waals surface area contributed by atoms with E-state index in [1.165, 1.54) is 16.9 Å². The van der Waals surface area contributed by atoms with E-state index in [-0.39, 0.29) is 29.3 Å². The lowest BCUT2D eigenvalue weighted by Crippen LogP contribution is -2.54. The third-order valence-corrected chi connectivity index (χ3v) is 11.1. The highest BCUT2D eigenvalue weighted by molar-refractivity contribution is 6.01. The number of ether oxygens (including phenoxy) is 3. The van der Waals surface area contributed by atoms with Crippen molar-refractivity contribution in [3.63, 3.8) is 0 Å². The Morgan fingerprint density at radius 2 is 1.27 bits per heavy atom. The van der Waals surface area contributed by atoms with Gasteiger partial charge >= 0.3 is 18.0 Å². The number of hydrogen-bond acceptors (Lipinski definition) is 11. The monoisotopic (exact) mass is 774 g/mol. The number of esters is 2. The molecule has 2 heterocycles. The highest BCUT2D eigenvalue weighted by atomic mass is 16.5. The molecule has 2 fully saturated rings. The highest BCUT2D eigenvalue weighted by Gasteiger charge is 2.40. The average molecular weight is 775 g/mol. The Bertz CT molecular complexity index is 1820. The fraction of sp³-hybridized carbons (Fsp3) is 0.548. The summed E-state index contributed by atoms with van der Waals surface area (Å²) in [6.45, 7) is 7.08. The number of nitrogens with one attached hydrogen (secondary N) is 1. The maximum atomic E-state index is 13.6. The lowest BCUT2D eigenvalue weighted by molar-refractivity contribution is -0.153. The summed E-state index contributed by atoms with van der Waals surface area (Å²) in [5.41, 5.74) is 10.6. The predicted molar refractivity (Wildman–Crippen MR) is 206 cm³/mol. The molecule has 3 N–H and O–H groups in total. The van der Waals surface area contributed by atoms with Crippen LogP contribution in [0.5, 0.6) is 0 Å². The molecule has 5 rings (SSSR count). The molecule has 0 radical (unpaired) electrons. The van der Waals surface area contributed by atoms with Crippen molar-refractivity contribution in [2.45, 2.75) is 103 Å². The van der Waals surface area contributed by atoms with Gasteiger partial charge in [-0.3, -0.25) is 19.2 Å². The standard InChI is InChI=1S/C42H54N4O10/c1-24(2)36(43)38(49)45-20-8-12-32(45)40(51)55-22-34(47)27-16-14-26(15-17-27)28-18-19-31(30-11-7-6-10-29(28)30)35(48)23-56-41(52)33-13-9-21-46(33)39(50)37(25(3)4)44-42(53)54-5/h14-19,24-25,32-33,36-37H,6-13,20-23,43H2,1-5H3,(H,44,53)/t32-,33-,36-,37-/m0/s1. The molecule has 0 unspecified atom stereocenters. The Morgan fingerprint density at radius 3 is 1.82 bits per heavy atom. The van der Waals surface area contributed by atoms with Crippen molar-refractivity contribution in [1.82, 2.24) is 15.1 Å². The number of Topliss-reactive ketones (excluding diaryl/α,β-unsaturated/α-hetero) is 2. The van der Waals surface area contributed by atoms with Gasteiger partial charge in [0.1, 0.15) is 18.1 Å². The summed E-state index contributed by atoms with van der Waals surface area (Å²) in [6, 6.07) is 7.40. The van der Waals surface area contributed by atoms with Crippen LogP contribution in [0.2, 0.25) is 0 Å². The zero-order valence-electron chi connectivity index (χ0n) is 33.0. The third kappa shape index (κ3) is 9.46. The zero-order chi connectivity index (χ0) is 40.7. The van der Waals surface area contributed by atoms with Crippen LogP contribution in [-0.4, -0.2) is 109 Å². The normalized spacial score (nSPS) is 18.9. The molecule has 2 aromatic carbocycles. The minimum absolute atomic E-state index is 0.0784. The topological polar surface area (TPSA) is 192 Å². The molecule has 4 atom stereocenters. The average Bonchev–Trinajstić information content (AvgIpc) is 3.91. The summed E-state index contributed by atoms with van der Waals surface area (Å²) in [4.78, 5) is 93.7. The van der Waals surface area contributed by atoms with Crippen molar-refractivity contribution in [2.75, 3.05) is 33.4 Å². The zero-order valence-corrected chi connectivity index (χ0v) is 33.0. The molecular weight excluding hydrogens is 720 g/mol. The fourth-order valence-corrected chi connectivity index (χ4v) is 7.77. The number of fused-ring (bicyclic) bond motifs is 1. The van der Waals surface area contributed by atoms with E-state index in [1.54, 1.807) is 32.0 Å².